The van der Waals surface area contributed by atoms with Gasteiger partial charge in [-0.05, 0) is 19.8 Å². The van der Waals surface area contributed by atoms with Crippen LogP contribution in [-0.4, -0.2) is 50.9 Å². The van der Waals surface area contributed by atoms with Gasteiger partial charge < -0.3 is 10.4 Å². The number of aliphatic carboxylic acids is 1. The molecule has 0 spiro atoms. The van der Waals surface area contributed by atoms with E-state index in [0.29, 0.717) is 0 Å². The van der Waals surface area contributed by atoms with Crippen molar-refractivity contribution < 1.29 is 27.9 Å². The number of hydrogen-bond acceptors (Lipinski definition) is 3. The highest BCUT2D eigenvalue weighted by molar-refractivity contribution is 8.00. The van der Waals surface area contributed by atoms with E-state index in [1.54, 1.807) is 6.92 Å². The summed E-state index contributed by atoms with van der Waals surface area (Å²) in [6.45, 7) is 1.60. The molecule has 108 valence electrons. The smallest absolute Gasteiger partial charge is 0.411 e. The highest BCUT2D eigenvalue weighted by Gasteiger charge is 2.65. The van der Waals surface area contributed by atoms with Crippen LogP contribution in [0.4, 0.5) is 18.0 Å². The van der Waals surface area contributed by atoms with E-state index in [-0.39, 0.29) is 18.6 Å². The fourth-order valence-corrected chi connectivity index (χ4v) is 3.18. The average Bonchev–Trinajstić information content (AvgIpc) is 2.93. The van der Waals surface area contributed by atoms with Gasteiger partial charge in [-0.3, -0.25) is 4.90 Å². The van der Waals surface area contributed by atoms with Crippen LogP contribution in [0.2, 0.25) is 0 Å². The molecule has 0 aromatic rings. The fourth-order valence-electron chi connectivity index (χ4n) is 2.01. The summed E-state index contributed by atoms with van der Waals surface area (Å²) in [7, 11) is 0. The number of carbonyl (C=O) groups is 2. The van der Waals surface area contributed by atoms with Crippen LogP contribution in [0.3, 0.4) is 0 Å². The van der Waals surface area contributed by atoms with Gasteiger partial charge in [-0.2, -0.15) is 13.2 Å². The SMILES string of the molecule is CC1SCC(C(=O)O)N1C(=O)NC1(C(F)(F)F)CC1. The Morgan fingerprint density at radius 1 is 1.42 bits per heavy atom. The Labute approximate surface area is 111 Å². The van der Waals surface area contributed by atoms with E-state index in [4.69, 9.17) is 5.11 Å². The third kappa shape index (κ3) is 2.47. The molecule has 2 atom stereocenters. The van der Waals surface area contributed by atoms with Crippen molar-refractivity contribution in [3.05, 3.63) is 0 Å². The predicted molar refractivity (Wildman–Crippen MR) is 61.7 cm³/mol. The number of rotatable bonds is 2. The van der Waals surface area contributed by atoms with Gasteiger partial charge in [0.2, 0.25) is 0 Å². The maximum Gasteiger partial charge on any atom is 0.411 e. The third-order valence-electron chi connectivity index (χ3n) is 3.38. The Hall–Kier alpha value is -1.12. The van der Waals surface area contributed by atoms with Crippen LogP contribution in [0.5, 0.6) is 0 Å². The van der Waals surface area contributed by atoms with Gasteiger partial charge in [0.05, 0.1) is 5.37 Å². The molecule has 5 nitrogen and oxygen atoms in total. The van der Waals surface area contributed by atoms with E-state index in [1.165, 1.54) is 11.8 Å². The topological polar surface area (TPSA) is 69.6 Å². The van der Waals surface area contributed by atoms with Gasteiger partial charge >= 0.3 is 18.2 Å². The number of halogens is 3. The summed E-state index contributed by atoms with van der Waals surface area (Å²) in [4.78, 5) is 23.9. The van der Waals surface area contributed by atoms with Crippen LogP contribution in [0.15, 0.2) is 0 Å². The molecule has 0 radical (unpaired) electrons. The van der Waals surface area contributed by atoms with Gasteiger partial charge in [0.25, 0.3) is 0 Å². The third-order valence-corrected chi connectivity index (χ3v) is 4.60. The lowest BCUT2D eigenvalue weighted by atomic mass is 10.2. The van der Waals surface area contributed by atoms with Crippen molar-refractivity contribution >= 4 is 23.8 Å². The first-order chi connectivity index (χ1) is 8.68. The van der Waals surface area contributed by atoms with Crippen molar-refractivity contribution in [1.82, 2.24) is 10.2 Å². The molecular weight excluding hydrogens is 285 g/mol. The first-order valence-corrected chi connectivity index (χ1v) is 6.74. The molecule has 1 saturated carbocycles. The molecule has 0 bridgehead atoms. The van der Waals surface area contributed by atoms with E-state index in [1.807, 2.05) is 5.32 Å². The zero-order valence-electron chi connectivity index (χ0n) is 10.0. The van der Waals surface area contributed by atoms with E-state index in [0.717, 1.165) is 4.90 Å². The minimum absolute atomic E-state index is 0.157. The summed E-state index contributed by atoms with van der Waals surface area (Å²) < 4.78 is 38.2. The summed E-state index contributed by atoms with van der Waals surface area (Å²) in [6.07, 6.45) is -4.82. The lowest BCUT2D eigenvalue weighted by Crippen LogP contribution is -2.56. The lowest BCUT2D eigenvalue weighted by Gasteiger charge is -2.29. The van der Waals surface area contributed by atoms with E-state index < -0.39 is 35.1 Å². The number of thioether (sulfide) groups is 1. The Balaban J connectivity index is 2.09. The van der Waals surface area contributed by atoms with E-state index in [2.05, 4.69) is 0 Å². The molecule has 2 aliphatic rings. The van der Waals surface area contributed by atoms with Gasteiger partial charge in [0, 0.05) is 5.75 Å². The van der Waals surface area contributed by atoms with Crippen molar-refractivity contribution in [2.75, 3.05) is 5.75 Å². The molecule has 1 aliphatic heterocycles. The molecule has 19 heavy (non-hydrogen) atoms. The highest BCUT2D eigenvalue weighted by atomic mass is 32.2. The number of urea groups is 1. The lowest BCUT2D eigenvalue weighted by molar-refractivity contribution is -0.163. The molecule has 2 unspecified atom stereocenters. The van der Waals surface area contributed by atoms with Crippen LogP contribution in [0, 0.1) is 0 Å². The second-order valence-corrected chi connectivity index (χ2v) is 6.05. The number of nitrogens with one attached hydrogen (secondary N) is 1. The molecule has 9 heteroatoms. The molecule has 1 aliphatic carbocycles. The van der Waals surface area contributed by atoms with Crippen LogP contribution in [-0.2, 0) is 4.79 Å². The monoisotopic (exact) mass is 298 g/mol. The standard InChI is InChI=1S/C10H13F3N2O3S/c1-5-15(6(4-19-5)7(16)17)8(18)14-9(2-3-9)10(11,12)13/h5-6H,2-4H2,1H3,(H,14,18)(H,16,17). The minimum atomic E-state index is -4.50. The molecule has 2 N–H and O–H groups in total. The molecular formula is C10H13F3N2O3S. The van der Waals surface area contributed by atoms with Crippen LogP contribution in [0.25, 0.3) is 0 Å². The number of alkyl halides is 3. The quantitative estimate of drug-likeness (QED) is 0.813. The summed E-state index contributed by atoms with van der Waals surface area (Å²) in [5, 5.41) is 10.5. The van der Waals surface area contributed by atoms with E-state index in [9.17, 15) is 22.8 Å². The Morgan fingerprint density at radius 3 is 2.42 bits per heavy atom. The van der Waals surface area contributed by atoms with Gasteiger partial charge in [0.15, 0.2) is 0 Å². The number of carbonyl (C=O) groups excluding carboxylic acids is 1. The van der Waals surface area contributed by atoms with Crippen molar-refractivity contribution in [3.8, 4) is 0 Å². The summed E-state index contributed by atoms with van der Waals surface area (Å²) in [5.41, 5.74) is -2.17. The number of amides is 2. The molecule has 2 rings (SSSR count). The van der Waals surface area contributed by atoms with E-state index >= 15 is 0 Å². The number of nitrogens with zero attached hydrogens (tertiary/aromatic N) is 1. The minimum Gasteiger partial charge on any atom is -0.480 e. The normalized spacial score (nSPS) is 29.2. The second-order valence-electron chi connectivity index (χ2n) is 4.70. The molecule has 2 amide bonds. The first-order valence-electron chi connectivity index (χ1n) is 5.69. The maximum absolute atomic E-state index is 12.7. The zero-order chi connectivity index (χ0) is 14.4. The Kier molecular flexibility index (Phi) is 3.36. The van der Waals surface area contributed by atoms with Gasteiger partial charge in [0.1, 0.15) is 11.6 Å². The average molecular weight is 298 g/mol. The van der Waals surface area contributed by atoms with Crippen LogP contribution in [0.1, 0.15) is 19.8 Å². The van der Waals surface area contributed by atoms with Crippen molar-refractivity contribution in [3.63, 3.8) is 0 Å². The largest absolute Gasteiger partial charge is 0.480 e. The van der Waals surface area contributed by atoms with Gasteiger partial charge in [-0.1, -0.05) is 0 Å². The fraction of sp³-hybridized carbons (Fsp3) is 0.800. The van der Waals surface area contributed by atoms with Crippen molar-refractivity contribution in [2.24, 2.45) is 0 Å². The number of hydrogen-bond donors (Lipinski definition) is 2. The second kappa shape index (κ2) is 4.46. The molecule has 2 fully saturated rings. The molecule has 0 aromatic carbocycles. The van der Waals surface area contributed by atoms with Gasteiger partial charge in [-0.25, -0.2) is 9.59 Å². The first kappa shape index (κ1) is 14.3. The summed E-state index contributed by atoms with van der Waals surface area (Å²) in [5.74, 6) is -1.02. The molecule has 0 aromatic heterocycles. The number of carboxylic acids is 1. The zero-order valence-corrected chi connectivity index (χ0v) is 10.8. The summed E-state index contributed by atoms with van der Waals surface area (Å²) in [6, 6.07) is -2.04. The van der Waals surface area contributed by atoms with Crippen LogP contribution < -0.4 is 5.32 Å². The molecule has 1 heterocycles. The van der Waals surface area contributed by atoms with Crippen molar-refractivity contribution in [1.29, 1.82) is 0 Å². The maximum atomic E-state index is 12.7. The van der Waals surface area contributed by atoms with Crippen LogP contribution >= 0.6 is 11.8 Å². The van der Waals surface area contributed by atoms with Crippen molar-refractivity contribution in [2.45, 2.75) is 42.9 Å². The predicted octanol–water partition coefficient (Wildman–Crippen LogP) is 1.64. The highest BCUT2D eigenvalue weighted by Crippen LogP contribution is 2.49. The van der Waals surface area contributed by atoms with Gasteiger partial charge in [-0.15, -0.1) is 11.8 Å². The Bertz CT molecular complexity index is 411. The molecule has 1 saturated heterocycles. The number of carboxylic acid groups (broad SMARTS) is 1. The Morgan fingerprint density at radius 2 is 2.00 bits per heavy atom. The summed E-state index contributed by atoms with van der Waals surface area (Å²) >= 11 is 1.23.